The van der Waals surface area contributed by atoms with Gasteiger partial charge < -0.3 is 14.7 Å². The number of hydrogen-bond acceptors (Lipinski definition) is 5. The van der Waals surface area contributed by atoms with Gasteiger partial charge in [-0.15, -0.1) is 0 Å². The van der Waals surface area contributed by atoms with E-state index in [2.05, 4.69) is 10.1 Å². The third-order valence-corrected chi connectivity index (χ3v) is 2.69. The summed E-state index contributed by atoms with van der Waals surface area (Å²) in [6.07, 6.45) is 1.61. The highest BCUT2D eigenvalue weighted by atomic mass is 16.5. The zero-order chi connectivity index (χ0) is 11.7. The van der Waals surface area contributed by atoms with Crippen LogP contribution in [0.25, 0.3) is 11.6 Å². The highest BCUT2D eigenvalue weighted by molar-refractivity contribution is 5.51. The highest BCUT2D eigenvalue weighted by Crippen LogP contribution is 2.24. The van der Waals surface area contributed by atoms with Gasteiger partial charge in [0.15, 0.2) is 5.76 Å². The van der Waals surface area contributed by atoms with E-state index in [0.29, 0.717) is 17.5 Å². The molecule has 0 fully saturated rings. The van der Waals surface area contributed by atoms with Crippen LogP contribution in [0, 0.1) is 6.92 Å². The Kier molecular flexibility index (Phi) is 2.78. The molecule has 2 unspecified atom stereocenters. The summed E-state index contributed by atoms with van der Waals surface area (Å²) in [6.45, 7) is 5.80. The van der Waals surface area contributed by atoms with Crippen LogP contribution in [0.2, 0.25) is 0 Å². The van der Waals surface area contributed by atoms with Crippen LogP contribution in [-0.4, -0.2) is 16.2 Å². The zero-order valence-corrected chi connectivity index (χ0v) is 9.60. The number of hydrogen-bond donors (Lipinski definition) is 1. The average molecular weight is 221 g/mol. The second-order valence-electron chi connectivity index (χ2n) is 4.04. The van der Waals surface area contributed by atoms with E-state index < -0.39 is 0 Å². The molecule has 0 bridgehead atoms. The van der Waals surface area contributed by atoms with Crippen LogP contribution in [0.15, 0.2) is 21.3 Å². The molecule has 2 aromatic rings. The maximum Gasteiger partial charge on any atom is 0.238 e. The summed E-state index contributed by atoms with van der Waals surface area (Å²) in [4.78, 5) is 4.28. The topological polar surface area (TPSA) is 78.1 Å². The summed E-state index contributed by atoms with van der Waals surface area (Å²) in [6, 6.07) is 1.84. The number of furan rings is 1. The molecule has 2 atom stereocenters. The van der Waals surface area contributed by atoms with Crippen LogP contribution in [0.3, 0.4) is 0 Å². The lowest BCUT2D eigenvalue weighted by Crippen LogP contribution is -2.22. The van der Waals surface area contributed by atoms with Crippen LogP contribution in [0.1, 0.15) is 31.2 Å². The Morgan fingerprint density at radius 2 is 2.12 bits per heavy atom. The van der Waals surface area contributed by atoms with Crippen LogP contribution >= 0.6 is 0 Å². The smallest absolute Gasteiger partial charge is 0.238 e. The van der Waals surface area contributed by atoms with Gasteiger partial charge in [0.1, 0.15) is 0 Å². The second-order valence-corrected chi connectivity index (χ2v) is 4.04. The molecule has 0 spiro atoms. The first-order chi connectivity index (χ1) is 7.59. The Balaban J connectivity index is 2.30. The Morgan fingerprint density at radius 1 is 1.38 bits per heavy atom. The van der Waals surface area contributed by atoms with E-state index in [9.17, 15) is 0 Å². The van der Waals surface area contributed by atoms with Gasteiger partial charge in [0.25, 0.3) is 0 Å². The summed E-state index contributed by atoms with van der Waals surface area (Å²) in [5.41, 5.74) is 6.76. The first kappa shape index (κ1) is 10.9. The minimum Gasteiger partial charge on any atom is -0.461 e. The van der Waals surface area contributed by atoms with Crippen LogP contribution in [0.4, 0.5) is 0 Å². The highest BCUT2D eigenvalue weighted by Gasteiger charge is 2.20. The van der Waals surface area contributed by atoms with E-state index in [0.717, 1.165) is 5.56 Å². The second kappa shape index (κ2) is 4.09. The van der Waals surface area contributed by atoms with Crippen molar-refractivity contribution in [3.63, 3.8) is 0 Å². The fourth-order valence-corrected chi connectivity index (χ4v) is 1.34. The molecule has 86 valence electrons. The summed E-state index contributed by atoms with van der Waals surface area (Å²) < 4.78 is 10.5. The molecule has 2 N–H and O–H groups in total. The number of aromatic nitrogens is 2. The van der Waals surface area contributed by atoms with Gasteiger partial charge in [0.2, 0.25) is 11.7 Å². The van der Waals surface area contributed by atoms with Crippen LogP contribution in [0.5, 0.6) is 0 Å². The summed E-state index contributed by atoms with van der Waals surface area (Å²) in [5.74, 6) is 1.70. The van der Waals surface area contributed by atoms with E-state index >= 15 is 0 Å². The first-order valence-electron chi connectivity index (χ1n) is 5.23. The van der Waals surface area contributed by atoms with E-state index in [1.807, 2.05) is 26.8 Å². The molecule has 0 aliphatic heterocycles. The molecule has 16 heavy (non-hydrogen) atoms. The lowest BCUT2D eigenvalue weighted by molar-refractivity contribution is 0.346. The maximum atomic E-state index is 5.77. The van der Waals surface area contributed by atoms with Gasteiger partial charge in [-0.05, 0) is 25.5 Å². The molecular formula is C11H15N3O2. The molecule has 0 amide bonds. The Hall–Kier alpha value is -1.62. The fraction of sp³-hybridized carbons (Fsp3) is 0.455. The zero-order valence-electron chi connectivity index (χ0n) is 9.60. The Bertz CT molecular complexity index is 473. The minimum atomic E-state index is -0.0222. The molecule has 0 aliphatic rings. The summed E-state index contributed by atoms with van der Waals surface area (Å²) in [7, 11) is 0. The van der Waals surface area contributed by atoms with Crippen molar-refractivity contribution in [2.45, 2.75) is 32.7 Å². The third-order valence-electron chi connectivity index (χ3n) is 2.69. The van der Waals surface area contributed by atoms with Crippen molar-refractivity contribution >= 4 is 0 Å². The molecule has 2 heterocycles. The fourth-order valence-electron chi connectivity index (χ4n) is 1.34. The van der Waals surface area contributed by atoms with E-state index in [1.165, 1.54) is 0 Å². The van der Waals surface area contributed by atoms with Crippen LogP contribution < -0.4 is 5.73 Å². The molecule has 0 saturated heterocycles. The molecule has 0 aromatic carbocycles. The number of nitrogens with zero attached hydrogens (tertiary/aromatic N) is 2. The molecule has 0 saturated carbocycles. The quantitative estimate of drug-likeness (QED) is 0.858. The molecule has 5 nitrogen and oxygen atoms in total. The molecular weight excluding hydrogens is 206 g/mol. The normalized spacial score (nSPS) is 15.0. The summed E-state index contributed by atoms with van der Waals surface area (Å²) in [5, 5.41) is 3.89. The monoisotopic (exact) mass is 221 g/mol. The summed E-state index contributed by atoms with van der Waals surface area (Å²) >= 11 is 0. The van der Waals surface area contributed by atoms with Crippen molar-refractivity contribution in [2.24, 2.45) is 5.73 Å². The molecule has 2 aromatic heterocycles. The lowest BCUT2D eigenvalue weighted by Gasteiger charge is -2.09. The molecule has 2 rings (SSSR count). The number of aryl methyl sites for hydroxylation is 1. The van der Waals surface area contributed by atoms with Gasteiger partial charge >= 0.3 is 0 Å². The Morgan fingerprint density at radius 3 is 2.69 bits per heavy atom. The maximum absolute atomic E-state index is 5.77. The number of rotatable bonds is 3. The van der Waals surface area contributed by atoms with E-state index in [1.54, 1.807) is 6.26 Å². The van der Waals surface area contributed by atoms with Crippen molar-refractivity contribution in [3.05, 3.63) is 23.8 Å². The molecule has 0 aliphatic carbocycles. The third kappa shape index (κ3) is 1.86. The predicted octanol–water partition coefficient (Wildman–Crippen LogP) is 2.09. The van der Waals surface area contributed by atoms with Crippen molar-refractivity contribution in [2.75, 3.05) is 0 Å². The standard InChI is InChI=1S/C11H15N3O2/c1-6-4-5-15-9(6)10-13-11(16-14-10)7(2)8(3)12/h4-5,7-8H,12H2,1-3H3. The molecule has 0 radical (unpaired) electrons. The van der Waals surface area contributed by atoms with Gasteiger partial charge in [0, 0.05) is 6.04 Å². The van der Waals surface area contributed by atoms with Gasteiger partial charge in [0.05, 0.1) is 12.2 Å². The predicted molar refractivity (Wildman–Crippen MR) is 58.8 cm³/mol. The van der Waals surface area contributed by atoms with Crippen molar-refractivity contribution in [3.8, 4) is 11.6 Å². The van der Waals surface area contributed by atoms with Gasteiger partial charge in [-0.2, -0.15) is 4.98 Å². The lowest BCUT2D eigenvalue weighted by atomic mass is 10.1. The van der Waals surface area contributed by atoms with Crippen LogP contribution in [-0.2, 0) is 0 Å². The number of nitrogens with two attached hydrogens (primary N) is 1. The van der Waals surface area contributed by atoms with Crippen molar-refractivity contribution < 1.29 is 8.94 Å². The first-order valence-corrected chi connectivity index (χ1v) is 5.23. The van der Waals surface area contributed by atoms with E-state index in [-0.39, 0.29) is 12.0 Å². The molecule has 5 heteroatoms. The Labute approximate surface area is 93.6 Å². The van der Waals surface area contributed by atoms with Gasteiger partial charge in [-0.25, -0.2) is 0 Å². The average Bonchev–Trinajstić information content (AvgIpc) is 2.84. The van der Waals surface area contributed by atoms with Crippen molar-refractivity contribution in [1.29, 1.82) is 0 Å². The van der Waals surface area contributed by atoms with Crippen molar-refractivity contribution in [1.82, 2.24) is 10.1 Å². The largest absolute Gasteiger partial charge is 0.461 e. The van der Waals surface area contributed by atoms with E-state index in [4.69, 9.17) is 14.7 Å². The minimum absolute atomic E-state index is 0.0222. The van der Waals surface area contributed by atoms with Gasteiger partial charge in [-0.1, -0.05) is 12.1 Å². The van der Waals surface area contributed by atoms with Gasteiger partial charge in [-0.3, -0.25) is 0 Å². The SMILES string of the molecule is Cc1ccoc1-c1noc(C(C)C(C)N)n1.